The molecule has 3 unspecified atom stereocenters. The van der Waals surface area contributed by atoms with E-state index in [4.69, 9.17) is 5.11 Å². The molecule has 0 radical (unpaired) electrons. The lowest BCUT2D eigenvalue weighted by Crippen LogP contribution is -2.44. The Kier molecular flexibility index (Phi) is 6.14. The van der Waals surface area contributed by atoms with Gasteiger partial charge >= 0.3 is 6.03 Å². The fourth-order valence-corrected chi connectivity index (χ4v) is 2.35. The van der Waals surface area contributed by atoms with Crippen molar-refractivity contribution in [1.29, 1.82) is 0 Å². The van der Waals surface area contributed by atoms with Crippen molar-refractivity contribution >= 4 is 6.03 Å². The average Bonchev–Trinajstić information content (AvgIpc) is 2.99. The van der Waals surface area contributed by atoms with E-state index in [1.54, 1.807) is 31.5 Å². The molecule has 0 bridgehead atoms. The number of rotatable bonds is 6. The summed E-state index contributed by atoms with van der Waals surface area (Å²) in [6, 6.07) is 3.92. The number of nitrogens with zero attached hydrogens (tertiary/aromatic N) is 2. The zero-order chi connectivity index (χ0) is 18.6. The van der Waals surface area contributed by atoms with Gasteiger partial charge in [0.05, 0.1) is 12.2 Å². The smallest absolute Gasteiger partial charge is 0.315 e. The molecule has 2 amide bonds. The largest absolute Gasteiger partial charge is 0.396 e. The second-order valence-electron chi connectivity index (χ2n) is 6.46. The molecule has 0 aliphatic carbocycles. The lowest BCUT2D eigenvalue weighted by atomic mass is 10.1. The standard InChI is InChI=1S/C18H25FN4O2/c1-11-8-20-23(9-11)17-6-5-15(7-16(17)19)14(4)22-18(25)21-13(3)12(2)10-24/h5-9,12-14,24H,10H2,1-4H3,(H2,21,22,25). The Hall–Kier alpha value is -2.41. The van der Waals surface area contributed by atoms with Crippen LogP contribution in [0.3, 0.4) is 0 Å². The molecule has 25 heavy (non-hydrogen) atoms. The summed E-state index contributed by atoms with van der Waals surface area (Å²) < 4.78 is 15.9. The number of halogens is 1. The summed E-state index contributed by atoms with van der Waals surface area (Å²) in [5.41, 5.74) is 1.96. The topological polar surface area (TPSA) is 79.2 Å². The zero-order valence-corrected chi connectivity index (χ0v) is 15.0. The number of aliphatic hydroxyl groups is 1. The monoisotopic (exact) mass is 348 g/mol. The summed E-state index contributed by atoms with van der Waals surface area (Å²) in [5, 5.41) is 18.8. The Morgan fingerprint density at radius 1 is 1.32 bits per heavy atom. The summed E-state index contributed by atoms with van der Waals surface area (Å²) in [4.78, 5) is 12.0. The molecule has 7 heteroatoms. The van der Waals surface area contributed by atoms with Gasteiger partial charge in [0.1, 0.15) is 11.5 Å². The minimum atomic E-state index is -0.406. The van der Waals surface area contributed by atoms with Gasteiger partial charge in [0.25, 0.3) is 0 Å². The van der Waals surface area contributed by atoms with E-state index in [1.165, 1.54) is 10.7 Å². The number of urea groups is 1. The van der Waals surface area contributed by atoms with E-state index in [0.29, 0.717) is 11.3 Å². The van der Waals surface area contributed by atoms with Crippen LogP contribution >= 0.6 is 0 Å². The fraction of sp³-hybridized carbons (Fsp3) is 0.444. The average molecular weight is 348 g/mol. The van der Waals surface area contributed by atoms with Crippen LogP contribution in [0.25, 0.3) is 5.69 Å². The second kappa shape index (κ2) is 8.11. The number of hydrogen-bond acceptors (Lipinski definition) is 3. The first-order valence-corrected chi connectivity index (χ1v) is 8.30. The third-order valence-corrected chi connectivity index (χ3v) is 4.28. The minimum Gasteiger partial charge on any atom is -0.396 e. The lowest BCUT2D eigenvalue weighted by Gasteiger charge is -2.22. The first-order valence-electron chi connectivity index (χ1n) is 8.30. The number of aryl methyl sites for hydroxylation is 1. The number of aliphatic hydroxyl groups excluding tert-OH is 1. The summed E-state index contributed by atoms with van der Waals surface area (Å²) in [7, 11) is 0. The number of benzene rings is 1. The molecule has 0 aliphatic heterocycles. The predicted molar refractivity (Wildman–Crippen MR) is 94.1 cm³/mol. The number of hydrogen-bond donors (Lipinski definition) is 3. The van der Waals surface area contributed by atoms with Gasteiger partial charge in [0.2, 0.25) is 0 Å². The quantitative estimate of drug-likeness (QED) is 0.751. The van der Waals surface area contributed by atoms with E-state index in [0.717, 1.165) is 5.56 Å². The Labute approximate surface area is 147 Å². The molecule has 1 aromatic carbocycles. The first-order chi connectivity index (χ1) is 11.8. The van der Waals surface area contributed by atoms with Crippen LogP contribution in [0.4, 0.5) is 9.18 Å². The second-order valence-corrected chi connectivity index (χ2v) is 6.46. The lowest BCUT2D eigenvalue weighted by molar-refractivity contribution is 0.199. The third-order valence-electron chi connectivity index (χ3n) is 4.28. The van der Waals surface area contributed by atoms with Crippen LogP contribution in [0.15, 0.2) is 30.6 Å². The van der Waals surface area contributed by atoms with Crippen LogP contribution in [-0.2, 0) is 0 Å². The highest BCUT2D eigenvalue weighted by molar-refractivity contribution is 5.74. The van der Waals surface area contributed by atoms with Crippen LogP contribution in [-0.4, -0.2) is 33.6 Å². The number of carbonyl (C=O) groups is 1. The number of carbonyl (C=O) groups excluding carboxylic acids is 1. The van der Waals surface area contributed by atoms with E-state index in [2.05, 4.69) is 15.7 Å². The van der Waals surface area contributed by atoms with E-state index in [-0.39, 0.29) is 30.6 Å². The van der Waals surface area contributed by atoms with Crippen LogP contribution in [0.2, 0.25) is 0 Å². The number of aromatic nitrogens is 2. The highest BCUT2D eigenvalue weighted by atomic mass is 19.1. The van der Waals surface area contributed by atoms with E-state index in [9.17, 15) is 9.18 Å². The molecule has 0 spiro atoms. The minimum absolute atomic E-state index is 0.00340. The molecular formula is C18H25FN4O2. The highest BCUT2D eigenvalue weighted by Gasteiger charge is 2.17. The van der Waals surface area contributed by atoms with E-state index < -0.39 is 5.82 Å². The van der Waals surface area contributed by atoms with Gasteiger partial charge in [-0.15, -0.1) is 0 Å². The molecular weight excluding hydrogens is 323 g/mol. The summed E-state index contributed by atoms with van der Waals surface area (Å²) in [6.45, 7) is 7.34. The van der Waals surface area contributed by atoms with Crippen LogP contribution in [0, 0.1) is 18.7 Å². The Morgan fingerprint density at radius 3 is 2.60 bits per heavy atom. The van der Waals surface area contributed by atoms with Crippen molar-refractivity contribution in [2.75, 3.05) is 6.61 Å². The van der Waals surface area contributed by atoms with Crippen molar-refractivity contribution in [2.24, 2.45) is 5.92 Å². The molecule has 2 aromatic rings. The van der Waals surface area contributed by atoms with Gasteiger partial charge in [-0.1, -0.05) is 13.0 Å². The molecule has 3 atom stereocenters. The Balaban J connectivity index is 2.03. The summed E-state index contributed by atoms with van der Waals surface area (Å²) >= 11 is 0. The third kappa shape index (κ3) is 4.79. The summed E-state index contributed by atoms with van der Waals surface area (Å²) in [5.74, 6) is -0.452. The van der Waals surface area contributed by atoms with Crippen molar-refractivity contribution in [1.82, 2.24) is 20.4 Å². The van der Waals surface area contributed by atoms with E-state index >= 15 is 0 Å². The van der Waals surface area contributed by atoms with Crippen molar-refractivity contribution in [3.63, 3.8) is 0 Å². The normalized spacial score (nSPS) is 14.6. The maximum atomic E-state index is 14.4. The molecule has 1 aromatic heterocycles. The van der Waals surface area contributed by atoms with Crippen molar-refractivity contribution in [2.45, 2.75) is 39.8 Å². The SMILES string of the molecule is Cc1cnn(-c2ccc(C(C)NC(=O)NC(C)C(C)CO)cc2F)c1. The van der Waals surface area contributed by atoms with Gasteiger partial charge in [0, 0.05) is 18.8 Å². The van der Waals surface area contributed by atoms with Crippen molar-refractivity contribution < 1.29 is 14.3 Å². The highest BCUT2D eigenvalue weighted by Crippen LogP contribution is 2.19. The molecule has 0 saturated heterocycles. The van der Waals surface area contributed by atoms with Crippen LogP contribution in [0.1, 0.15) is 37.9 Å². The summed E-state index contributed by atoms with van der Waals surface area (Å²) in [6.07, 6.45) is 3.41. The van der Waals surface area contributed by atoms with Gasteiger partial charge in [-0.3, -0.25) is 0 Å². The molecule has 0 saturated carbocycles. The molecule has 6 nitrogen and oxygen atoms in total. The molecule has 0 fully saturated rings. The van der Waals surface area contributed by atoms with Crippen molar-refractivity contribution in [3.8, 4) is 5.69 Å². The van der Waals surface area contributed by atoms with Gasteiger partial charge in [0.15, 0.2) is 0 Å². The maximum absolute atomic E-state index is 14.4. The predicted octanol–water partition coefficient (Wildman–Crippen LogP) is 2.70. The van der Waals surface area contributed by atoms with Crippen LogP contribution in [0.5, 0.6) is 0 Å². The van der Waals surface area contributed by atoms with Crippen molar-refractivity contribution in [3.05, 3.63) is 47.5 Å². The Morgan fingerprint density at radius 2 is 2.04 bits per heavy atom. The van der Waals surface area contributed by atoms with Crippen LogP contribution < -0.4 is 10.6 Å². The van der Waals surface area contributed by atoms with Gasteiger partial charge < -0.3 is 15.7 Å². The molecule has 0 aliphatic rings. The number of nitrogens with one attached hydrogen (secondary N) is 2. The van der Waals surface area contributed by atoms with Gasteiger partial charge in [-0.25, -0.2) is 13.9 Å². The Bertz CT molecular complexity index is 732. The molecule has 1 heterocycles. The first kappa shape index (κ1) is 18.9. The molecule has 2 rings (SSSR count). The molecule has 136 valence electrons. The van der Waals surface area contributed by atoms with Gasteiger partial charge in [-0.05, 0) is 49.9 Å². The van der Waals surface area contributed by atoms with E-state index in [1.807, 2.05) is 20.8 Å². The molecule has 3 N–H and O–H groups in total. The fourth-order valence-electron chi connectivity index (χ4n) is 2.35. The maximum Gasteiger partial charge on any atom is 0.315 e. The van der Waals surface area contributed by atoms with Gasteiger partial charge in [-0.2, -0.15) is 5.10 Å². The zero-order valence-electron chi connectivity index (χ0n) is 15.0. The number of amides is 2.